The lowest BCUT2D eigenvalue weighted by Gasteiger charge is -2.29. The van der Waals surface area contributed by atoms with Gasteiger partial charge in [0.05, 0.1) is 33.3 Å². The van der Waals surface area contributed by atoms with Crippen molar-refractivity contribution < 1.29 is 9.53 Å². The van der Waals surface area contributed by atoms with Crippen LogP contribution in [0.3, 0.4) is 0 Å². The molecule has 6 N–H and O–H groups in total. The summed E-state index contributed by atoms with van der Waals surface area (Å²) in [5.41, 5.74) is 14.4. The van der Waals surface area contributed by atoms with E-state index >= 15 is 0 Å². The highest BCUT2D eigenvalue weighted by Crippen LogP contribution is 2.42. The van der Waals surface area contributed by atoms with Gasteiger partial charge in [0.15, 0.2) is 16.9 Å². The number of fused-ring (bicyclic) bond motifs is 2. The topological polar surface area (TPSA) is 166 Å². The molecule has 15 heteroatoms. The van der Waals surface area contributed by atoms with Gasteiger partial charge in [0.25, 0.3) is 5.91 Å². The van der Waals surface area contributed by atoms with Crippen molar-refractivity contribution in [3.8, 4) is 10.4 Å². The predicted octanol–water partition coefficient (Wildman–Crippen LogP) is 3.85. The van der Waals surface area contributed by atoms with Crippen LogP contribution in [0.2, 0.25) is 0 Å². The van der Waals surface area contributed by atoms with Crippen molar-refractivity contribution in [1.82, 2.24) is 19.6 Å². The van der Waals surface area contributed by atoms with Gasteiger partial charge in [-0.2, -0.15) is 14.6 Å². The van der Waals surface area contributed by atoms with Gasteiger partial charge in [-0.1, -0.05) is 12.8 Å². The van der Waals surface area contributed by atoms with Crippen LogP contribution in [0.1, 0.15) is 36.0 Å². The van der Waals surface area contributed by atoms with Gasteiger partial charge in [-0.25, -0.2) is 4.98 Å². The van der Waals surface area contributed by atoms with E-state index in [1.54, 1.807) is 28.7 Å². The Morgan fingerprint density at radius 3 is 2.74 bits per heavy atom. The van der Waals surface area contributed by atoms with Gasteiger partial charge in [0, 0.05) is 52.4 Å². The maximum absolute atomic E-state index is 13.0. The minimum absolute atomic E-state index is 0.00863. The first-order chi connectivity index (χ1) is 20.5. The molecule has 6 heterocycles. The SMILES string of the molecule is NC(=O)c1c(Nc2csc(-c3csc4c(=O)cc(N5CCOCC5)sc34)c2)nc(N[C@H]2CCCC[C@H]2N)n2ncnc12. The van der Waals surface area contributed by atoms with E-state index in [2.05, 4.69) is 25.6 Å². The van der Waals surface area contributed by atoms with Crippen LogP contribution < -0.4 is 32.4 Å². The number of carbonyl (C=O) groups is 1. The Hall–Kier alpha value is -3.63. The van der Waals surface area contributed by atoms with E-state index in [-0.39, 0.29) is 28.9 Å². The molecular weight excluding hydrogens is 595 g/mol. The third-order valence-electron chi connectivity index (χ3n) is 7.69. The van der Waals surface area contributed by atoms with Crippen LogP contribution in [0.5, 0.6) is 0 Å². The maximum Gasteiger partial charge on any atom is 0.256 e. The highest BCUT2D eigenvalue weighted by molar-refractivity contribution is 7.29. The zero-order chi connectivity index (χ0) is 28.8. The normalized spacial score (nSPS) is 19.4. The number of hydrogen-bond acceptors (Lipinski definition) is 13. The lowest BCUT2D eigenvalue weighted by Crippen LogP contribution is -2.43. The Labute approximate surface area is 252 Å². The standard InChI is InChI=1S/C27H29N9O3S3/c28-16-3-1-2-4-17(16)33-27-34-25(21(24(29)38)26-30-13-31-36(26)27)32-14-9-19(40-11-14)15-12-41-23-18(37)10-20(42-22(15)23)35-5-7-39-8-6-35/h9-13,16-17,32H,1-8,28H2,(H2,29,38)(H,33,34)/t16-,17+/m1/s1. The molecule has 2 atom stereocenters. The summed E-state index contributed by atoms with van der Waals surface area (Å²) in [7, 11) is 0. The van der Waals surface area contributed by atoms with Crippen LogP contribution in [0.25, 0.3) is 25.5 Å². The molecule has 1 aliphatic carbocycles. The maximum atomic E-state index is 13.0. The third-order valence-corrected chi connectivity index (χ3v) is 11.0. The molecule has 0 aromatic carbocycles. The predicted molar refractivity (Wildman–Crippen MR) is 169 cm³/mol. The first-order valence-corrected chi connectivity index (χ1v) is 16.3. The van der Waals surface area contributed by atoms with Crippen molar-refractivity contribution in [2.75, 3.05) is 41.8 Å². The third kappa shape index (κ3) is 5.00. The summed E-state index contributed by atoms with van der Waals surface area (Å²) in [6.07, 6.45) is 5.40. The van der Waals surface area contributed by atoms with Gasteiger partial charge in [-0.3, -0.25) is 9.59 Å². The zero-order valence-corrected chi connectivity index (χ0v) is 25.0. The molecule has 218 valence electrons. The molecule has 1 aliphatic heterocycles. The van der Waals surface area contributed by atoms with Crippen molar-refractivity contribution in [2.24, 2.45) is 11.5 Å². The summed E-state index contributed by atoms with van der Waals surface area (Å²) in [4.78, 5) is 37.8. The van der Waals surface area contributed by atoms with Crippen LogP contribution in [-0.2, 0) is 4.74 Å². The molecule has 2 fully saturated rings. The Kier molecular flexibility index (Phi) is 7.27. The Morgan fingerprint density at radius 1 is 1.10 bits per heavy atom. The summed E-state index contributed by atoms with van der Waals surface area (Å²) >= 11 is 4.64. The Morgan fingerprint density at radius 2 is 1.93 bits per heavy atom. The number of primary amides is 1. The van der Waals surface area contributed by atoms with E-state index in [0.29, 0.717) is 24.8 Å². The Bertz CT molecular complexity index is 1840. The molecular formula is C27H29N9O3S3. The lowest BCUT2D eigenvalue weighted by molar-refractivity contribution is 0.100. The fourth-order valence-corrected chi connectivity index (χ4v) is 8.90. The fraction of sp³-hybridized carbons (Fsp3) is 0.370. The highest BCUT2D eigenvalue weighted by Gasteiger charge is 2.26. The van der Waals surface area contributed by atoms with Crippen molar-refractivity contribution in [3.63, 3.8) is 0 Å². The zero-order valence-electron chi connectivity index (χ0n) is 22.5. The summed E-state index contributed by atoms with van der Waals surface area (Å²) in [6.45, 7) is 2.84. The number of hydrogen-bond donors (Lipinski definition) is 4. The molecule has 0 unspecified atom stereocenters. The summed E-state index contributed by atoms with van der Waals surface area (Å²) in [5.74, 6) is 0.0642. The summed E-state index contributed by atoms with van der Waals surface area (Å²) in [5, 5.41) is 16.0. The first kappa shape index (κ1) is 27.2. The van der Waals surface area contributed by atoms with Gasteiger partial charge < -0.3 is 31.7 Å². The number of ether oxygens (including phenoxy) is 1. The molecule has 1 saturated heterocycles. The molecule has 12 nitrogen and oxygen atoms in total. The van der Waals surface area contributed by atoms with Gasteiger partial charge >= 0.3 is 0 Å². The second-order valence-corrected chi connectivity index (χ2v) is 13.2. The minimum Gasteiger partial charge on any atom is -0.378 e. The molecule has 2 aliphatic rings. The molecule has 1 amide bonds. The molecule has 0 radical (unpaired) electrons. The van der Waals surface area contributed by atoms with Crippen LogP contribution in [-0.4, -0.2) is 63.9 Å². The number of nitrogens with one attached hydrogen (secondary N) is 2. The van der Waals surface area contributed by atoms with E-state index in [4.69, 9.17) is 21.2 Å². The van der Waals surface area contributed by atoms with Crippen molar-refractivity contribution in [3.05, 3.63) is 45.0 Å². The monoisotopic (exact) mass is 623 g/mol. The Balaban J connectivity index is 1.23. The second-order valence-electron chi connectivity index (χ2n) is 10.4. The van der Waals surface area contributed by atoms with E-state index < -0.39 is 5.91 Å². The largest absolute Gasteiger partial charge is 0.378 e. The second kappa shape index (κ2) is 11.2. The average molecular weight is 624 g/mol. The number of thiophene rings is 2. The van der Waals surface area contributed by atoms with Gasteiger partial charge in [-0.15, -0.1) is 34.0 Å². The van der Waals surface area contributed by atoms with Gasteiger partial charge in [0.1, 0.15) is 11.9 Å². The summed E-state index contributed by atoms with van der Waals surface area (Å²) in [6, 6.07) is 3.75. The smallest absolute Gasteiger partial charge is 0.256 e. The lowest BCUT2D eigenvalue weighted by atomic mass is 9.91. The fourth-order valence-electron chi connectivity index (χ4n) is 5.52. The van der Waals surface area contributed by atoms with Crippen molar-refractivity contribution in [1.29, 1.82) is 0 Å². The van der Waals surface area contributed by atoms with Crippen LogP contribution in [0.15, 0.2) is 34.0 Å². The van der Waals surface area contributed by atoms with Crippen LogP contribution in [0, 0.1) is 0 Å². The number of nitrogens with zero attached hydrogens (tertiary/aromatic N) is 5. The number of nitrogens with two attached hydrogens (primary N) is 2. The average Bonchev–Trinajstić information content (AvgIpc) is 3.75. The van der Waals surface area contributed by atoms with Crippen LogP contribution in [0.4, 0.5) is 22.5 Å². The molecule has 0 bridgehead atoms. The summed E-state index contributed by atoms with van der Waals surface area (Å²) < 4.78 is 8.71. The highest BCUT2D eigenvalue weighted by atomic mass is 32.1. The van der Waals surface area contributed by atoms with E-state index in [9.17, 15) is 9.59 Å². The molecule has 7 rings (SSSR count). The number of anilines is 4. The number of morpholine rings is 1. The minimum atomic E-state index is -0.663. The van der Waals surface area contributed by atoms with E-state index in [0.717, 1.165) is 69.3 Å². The quantitative estimate of drug-likeness (QED) is 0.209. The molecule has 5 aromatic heterocycles. The molecule has 42 heavy (non-hydrogen) atoms. The van der Waals surface area contributed by atoms with E-state index in [1.807, 2.05) is 16.8 Å². The van der Waals surface area contributed by atoms with Crippen molar-refractivity contribution in [2.45, 2.75) is 37.8 Å². The van der Waals surface area contributed by atoms with Gasteiger partial charge in [-0.05, 0) is 18.9 Å². The molecule has 5 aromatic rings. The molecule has 1 saturated carbocycles. The number of aromatic nitrogens is 4. The van der Waals surface area contributed by atoms with Gasteiger partial charge in [0.2, 0.25) is 5.95 Å². The molecule has 0 spiro atoms. The first-order valence-electron chi connectivity index (χ1n) is 13.8. The van der Waals surface area contributed by atoms with Crippen LogP contribution >= 0.6 is 34.0 Å². The number of rotatable bonds is 7. The number of carbonyl (C=O) groups excluding carboxylic acids is 1. The van der Waals surface area contributed by atoms with E-state index in [1.165, 1.54) is 22.2 Å². The van der Waals surface area contributed by atoms with Crippen molar-refractivity contribution >= 4 is 77.4 Å². The number of amides is 1.